The number of hydrogen-bond acceptors (Lipinski definition) is 4. The molecule has 18 heavy (non-hydrogen) atoms. The van der Waals surface area contributed by atoms with Gasteiger partial charge in [0.05, 0.1) is 20.3 Å². The molecular formula is C14H21NO3. The molecule has 0 bridgehead atoms. The van der Waals surface area contributed by atoms with E-state index in [0.717, 1.165) is 42.0 Å². The minimum absolute atomic E-state index is 0.117. The fraction of sp³-hybridized carbons (Fsp3) is 0.571. The van der Waals surface area contributed by atoms with Crippen molar-refractivity contribution in [3.8, 4) is 11.5 Å². The number of aliphatic hydroxyl groups excluding tert-OH is 1. The summed E-state index contributed by atoms with van der Waals surface area (Å²) < 4.78 is 10.7. The number of benzene rings is 1. The molecule has 1 aliphatic rings. The maximum Gasteiger partial charge on any atom is 0.131 e. The van der Waals surface area contributed by atoms with Crippen LogP contribution in [0, 0.1) is 6.92 Å². The lowest BCUT2D eigenvalue weighted by Crippen LogP contribution is -2.29. The van der Waals surface area contributed by atoms with Gasteiger partial charge in [0, 0.05) is 17.2 Å². The summed E-state index contributed by atoms with van der Waals surface area (Å²) in [4.78, 5) is 0. The maximum absolute atomic E-state index is 10.4. The minimum atomic E-state index is -0.535. The molecule has 1 saturated heterocycles. The number of ether oxygens (including phenoxy) is 2. The van der Waals surface area contributed by atoms with Crippen molar-refractivity contribution in [1.29, 1.82) is 0 Å². The zero-order valence-electron chi connectivity index (χ0n) is 11.2. The Morgan fingerprint density at radius 2 is 2.11 bits per heavy atom. The summed E-state index contributed by atoms with van der Waals surface area (Å²) in [5.41, 5.74) is 1.75. The van der Waals surface area contributed by atoms with Gasteiger partial charge in [0.15, 0.2) is 0 Å². The van der Waals surface area contributed by atoms with Crippen LogP contribution in [0.1, 0.15) is 30.1 Å². The summed E-state index contributed by atoms with van der Waals surface area (Å²) >= 11 is 0. The molecule has 0 radical (unpaired) electrons. The second kappa shape index (κ2) is 5.59. The average Bonchev–Trinajstić information content (AvgIpc) is 2.91. The van der Waals surface area contributed by atoms with Crippen LogP contribution in [0.2, 0.25) is 0 Å². The van der Waals surface area contributed by atoms with Crippen molar-refractivity contribution in [2.45, 2.75) is 31.9 Å². The highest BCUT2D eigenvalue weighted by atomic mass is 16.5. The number of nitrogens with one attached hydrogen (secondary N) is 1. The standard InChI is InChI=1S/C14H21NO3/c1-9-12(17-2)7-6-10(14(9)18-3)13(16)11-5-4-8-15-11/h6-7,11,13,15-16H,4-5,8H2,1-3H3. The molecule has 0 aliphatic carbocycles. The topological polar surface area (TPSA) is 50.7 Å². The van der Waals surface area contributed by atoms with Gasteiger partial charge >= 0.3 is 0 Å². The van der Waals surface area contributed by atoms with Gasteiger partial charge in [-0.25, -0.2) is 0 Å². The van der Waals surface area contributed by atoms with Crippen LogP contribution in [0.15, 0.2) is 12.1 Å². The number of aliphatic hydroxyl groups is 1. The molecule has 1 fully saturated rings. The Bertz CT molecular complexity index is 414. The SMILES string of the molecule is COc1ccc(C(O)C2CCCN2)c(OC)c1C. The smallest absolute Gasteiger partial charge is 0.131 e. The van der Waals surface area contributed by atoms with Crippen LogP contribution in [0.5, 0.6) is 11.5 Å². The Hall–Kier alpha value is -1.26. The van der Waals surface area contributed by atoms with E-state index in [-0.39, 0.29) is 6.04 Å². The quantitative estimate of drug-likeness (QED) is 0.856. The highest BCUT2D eigenvalue weighted by Crippen LogP contribution is 2.36. The third kappa shape index (κ3) is 2.31. The van der Waals surface area contributed by atoms with Gasteiger partial charge in [0.1, 0.15) is 11.5 Å². The van der Waals surface area contributed by atoms with Crippen LogP contribution in [0.25, 0.3) is 0 Å². The number of methoxy groups -OCH3 is 2. The molecular weight excluding hydrogens is 230 g/mol. The molecule has 2 rings (SSSR count). The Balaban J connectivity index is 2.34. The van der Waals surface area contributed by atoms with Crippen LogP contribution < -0.4 is 14.8 Å². The van der Waals surface area contributed by atoms with Gasteiger partial charge in [-0.1, -0.05) is 0 Å². The normalized spacial score (nSPS) is 20.8. The molecule has 2 unspecified atom stereocenters. The van der Waals surface area contributed by atoms with Crippen molar-refractivity contribution in [2.24, 2.45) is 0 Å². The van der Waals surface area contributed by atoms with Crippen molar-refractivity contribution < 1.29 is 14.6 Å². The van der Waals surface area contributed by atoms with Gasteiger partial charge in [-0.2, -0.15) is 0 Å². The Morgan fingerprint density at radius 3 is 2.67 bits per heavy atom. The zero-order chi connectivity index (χ0) is 13.1. The molecule has 1 heterocycles. The first-order valence-corrected chi connectivity index (χ1v) is 6.32. The van der Waals surface area contributed by atoms with E-state index < -0.39 is 6.10 Å². The molecule has 0 saturated carbocycles. The predicted octanol–water partition coefficient (Wildman–Crippen LogP) is 1.80. The van der Waals surface area contributed by atoms with Crippen LogP contribution in [0.4, 0.5) is 0 Å². The summed E-state index contributed by atoms with van der Waals surface area (Å²) in [6.07, 6.45) is 1.57. The summed E-state index contributed by atoms with van der Waals surface area (Å²) in [6, 6.07) is 3.88. The number of hydrogen-bond donors (Lipinski definition) is 2. The molecule has 100 valence electrons. The summed E-state index contributed by atoms with van der Waals surface area (Å²) in [5.74, 6) is 1.50. The van der Waals surface area contributed by atoms with Gasteiger partial charge in [0.2, 0.25) is 0 Å². The first-order valence-electron chi connectivity index (χ1n) is 6.32. The van der Waals surface area contributed by atoms with Crippen LogP contribution >= 0.6 is 0 Å². The maximum atomic E-state index is 10.4. The minimum Gasteiger partial charge on any atom is -0.496 e. The van der Waals surface area contributed by atoms with Crippen molar-refractivity contribution >= 4 is 0 Å². The highest BCUT2D eigenvalue weighted by Gasteiger charge is 2.27. The lowest BCUT2D eigenvalue weighted by molar-refractivity contribution is 0.134. The monoisotopic (exact) mass is 251 g/mol. The lowest BCUT2D eigenvalue weighted by atomic mass is 9.97. The van der Waals surface area contributed by atoms with Crippen LogP contribution in [-0.4, -0.2) is 31.9 Å². The third-order valence-electron chi connectivity index (χ3n) is 3.61. The predicted molar refractivity (Wildman–Crippen MR) is 70.3 cm³/mol. The first kappa shape index (κ1) is 13.2. The summed E-state index contributed by atoms with van der Waals surface area (Å²) in [5, 5.41) is 13.8. The van der Waals surface area contributed by atoms with Gasteiger partial charge in [-0.3, -0.25) is 0 Å². The van der Waals surface area contributed by atoms with Gasteiger partial charge in [0.25, 0.3) is 0 Å². The average molecular weight is 251 g/mol. The summed E-state index contributed by atoms with van der Waals surface area (Å²) in [7, 11) is 3.26. The molecule has 4 heteroatoms. The van der Waals surface area contributed by atoms with E-state index in [4.69, 9.17) is 9.47 Å². The van der Waals surface area contributed by atoms with E-state index in [9.17, 15) is 5.11 Å². The molecule has 0 spiro atoms. The van der Waals surface area contributed by atoms with E-state index in [1.165, 1.54) is 0 Å². The Labute approximate surface area is 108 Å². The Morgan fingerprint density at radius 1 is 1.33 bits per heavy atom. The van der Waals surface area contributed by atoms with E-state index in [1.807, 2.05) is 19.1 Å². The fourth-order valence-corrected chi connectivity index (χ4v) is 2.62. The molecule has 0 amide bonds. The van der Waals surface area contributed by atoms with Gasteiger partial charge < -0.3 is 19.9 Å². The van der Waals surface area contributed by atoms with E-state index >= 15 is 0 Å². The fourth-order valence-electron chi connectivity index (χ4n) is 2.62. The van der Waals surface area contributed by atoms with E-state index in [0.29, 0.717) is 0 Å². The third-order valence-corrected chi connectivity index (χ3v) is 3.61. The van der Waals surface area contributed by atoms with Gasteiger partial charge in [-0.15, -0.1) is 0 Å². The first-order chi connectivity index (χ1) is 8.69. The largest absolute Gasteiger partial charge is 0.496 e. The van der Waals surface area contributed by atoms with E-state index in [2.05, 4.69) is 5.32 Å². The molecule has 1 aromatic rings. The summed E-state index contributed by atoms with van der Waals surface area (Å²) in [6.45, 7) is 2.91. The van der Waals surface area contributed by atoms with E-state index in [1.54, 1.807) is 14.2 Å². The highest BCUT2D eigenvalue weighted by molar-refractivity contribution is 5.50. The van der Waals surface area contributed by atoms with Gasteiger partial charge in [-0.05, 0) is 38.4 Å². The second-order valence-corrected chi connectivity index (χ2v) is 4.66. The molecule has 2 atom stereocenters. The second-order valence-electron chi connectivity index (χ2n) is 4.66. The van der Waals surface area contributed by atoms with Crippen molar-refractivity contribution in [3.63, 3.8) is 0 Å². The zero-order valence-corrected chi connectivity index (χ0v) is 11.2. The van der Waals surface area contributed by atoms with Crippen molar-refractivity contribution in [2.75, 3.05) is 20.8 Å². The Kier molecular flexibility index (Phi) is 4.09. The molecule has 0 aromatic heterocycles. The molecule has 1 aliphatic heterocycles. The van der Waals surface area contributed by atoms with Crippen LogP contribution in [-0.2, 0) is 0 Å². The van der Waals surface area contributed by atoms with Crippen LogP contribution in [0.3, 0.4) is 0 Å². The molecule has 2 N–H and O–H groups in total. The lowest BCUT2D eigenvalue weighted by Gasteiger charge is -2.22. The van der Waals surface area contributed by atoms with Crippen molar-refractivity contribution in [3.05, 3.63) is 23.3 Å². The molecule has 1 aromatic carbocycles. The van der Waals surface area contributed by atoms with Crippen molar-refractivity contribution in [1.82, 2.24) is 5.32 Å². The number of rotatable bonds is 4. The molecule has 4 nitrogen and oxygen atoms in total.